The minimum atomic E-state index is 0.712. The first-order valence-corrected chi connectivity index (χ1v) is 3.81. The molecule has 1 unspecified atom stereocenters. The van der Waals surface area contributed by atoms with Gasteiger partial charge in [-0.3, -0.25) is 4.90 Å². The van der Waals surface area contributed by atoms with E-state index in [-0.39, 0.29) is 0 Å². The Labute approximate surface area is 56.2 Å². The maximum Gasteiger partial charge on any atom is 0.0597 e. The highest BCUT2D eigenvalue weighted by molar-refractivity contribution is 4.89. The summed E-state index contributed by atoms with van der Waals surface area (Å²) in [6, 6.07) is 0. The van der Waals surface area contributed by atoms with Crippen molar-refractivity contribution in [1.82, 2.24) is 10.2 Å². The number of hydrogen-bond acceptors (Lipinski definition) is 2. The molecule has 3 atom stereocenters. The Kier molecular flexibility index (Phi) is 1.24. The summed E-state index contributed by atoms with van der Waals surface area (Å²) in [5.41, 5.74) is 0. The van der Waals surface area contributed by atoms with Crippen LogP contribution in [0.25, 0.3) is 0 Å². The smallest absolute Gasteiger partial charge is 0.0597 e. The standard InChI is InChI=1S/C7H14N2/c1-8-7-4-6-2-3-9(7)5-6/h6-8H,2-5H2,1H3/t6-,7+/m0/s1. The predicted octanol–water partition coefficient (Wildman–Crippen LogP) is 0.257. The monoisotopic (exact) mass is 126 g/mol. The Morgan fingerprint density at radius 3 is 2.78 bits per heavy atom. The van der Waals surface area contributed by atoms with Crippen LogP contribution in [0.4, 0.5) is 0 Å². The van der Waals surface area contributed by atoms with Gasteiger partial charge in [0.1, 0.15) is 0 Å². The SMILES string of the molecule is CN[C@H]1C[C@@H]2CCN1C2. The molecule has 0 aliphatic carbocycles. The van der Waals surface area contributed by atoms with E-state index in [2.05, 4.69) is 17.3 Å². The third-order valence-corrected chi connectivity index (χ3v) is 2.65. The normalized spacial score (nSPS) is 48.3. The number of hydrogen-bond donors (Lipinski definition) is 1. The summed E-state index contributed by atoms with van der Waals surface area (Å²) in [5, 5.41) is 3.32. The molecule has 0 aromatic heterocycles. The van der Waals surface area contributed by atoms with Crippen LogP contribution in [0, 0.1) is 5.92 Å². The van der Waals surface area contributed by atoms with Gasteiger partial charge in [-0.15, -0.1) is 0 Å². The summed E-state index contributed by atoms with van der Waals surface area (Å²) >= 11 is 0. The third-order valence-electron chi connectivity index (χ3n) is 2.65. The molecule has 2 aliphatic rings. The van der Waals surface area contributed by atoms with Gasteiger partial charge in [0.15, 0.2) is 0 Å². The minimum Gasteiger partial charge on any atom is -0.305 e. The van der Waals surface area contributed by atoms with Gasteiger partial charge in [-0.25, -0.2) is 0 Å². The van der Waals surface area contributed by atoms with E-state index in [1.807, 2.05) is 0 Å². The molecule has 2 bridgehead atoms. The van der Waals surface area contributed by atoms with Gasteiger partial charge in [-0.1, -0.05) is 0 Å². The summed E-state index contributed by atoms with van der Waals surface area (Å²) in [4.78, 5) is 2.55. The summed E-state index contributed by atoms with van der Waals surface area (Å²) in [6.45, 7) is 2.68. The molecular weight excluding hydrogens is 112 g/mol. The number of piperidine rings is 1. The van der Waals surface area contributed by atoms with Crippen molar-refractivity contribution >= 4 is 0 Å². The molecule has 0 aromatic carbocycles. The topological polar surface area (TPSA) is 15.3 Å². The van der Waals surface area contributed by atoms with Crippen molar-refractivity contribution < 1.29 is 0 Å². The molecule has 2 fully saturated rings. The van der Waals surface area contributed by atoms with Gasteiger partial charge in [0.05, 0.1) is 6.17 Å². The minimum absolute atomic E-state index is 0.712. The molecule has 0 saturated carbocycles. The summed E-state index contributed by atoms with van der Waals surface area (Å²) in [5.74, 6) is 1.02. The number of rotatable bonds is 1. The lowest BCUT2D eigenvalue weighted by molar-refractivity contribution is 0.232. The summed E-state index contributed by atoms with van der Waals surface area (Å²) in [6.07, 6.45) is 3.54. The first-order chi connectivity index (χ1) is 4.40. The van der Waals surface area contributed by atoms with Crippen molar-refractivity contribution in [2.24, 2.45) is 5.92 Å². The molecule has 2 aliphatic heterocycles. The number of nitrogens with zero attached hydrogens (tertiary/aromatic N) is 1. The Balaban J connectivity index is 2.01. The fourth-order valence-electron chi connectivity index (χ4n) is 2.10. The Morgan fingerprint density at radius 2 is 2.44 bits per heavy atom. The van der Waals surface area contributed by atoms with Crippen LogP contribution in [0.5, 0.6) is 0 Å². The van der Waals surface area contributed by atoms with Crippen LogP contribution in [0.2, 0.25) is 0 Å². The first kappa shape index (κ1) is 5.69. The lowest BCUT2D eigenvalue weighted by Gasteiger charge is -2.23. The van der Waals surface area contributed by atoms with Crippen LogP contribution in [0.1, 0.15) is 12.8 Å². The molecule has 2 rings (SSSR count). The Bertz CT molecular complexity index is 113. The lowest BCUT2D eigenvalue weighted by Crippen LogP contribution is -2.39. The molecule has 2 nitrogen and oxygen atoms in total. The second-order valence-electron chi connectivity index (χ2n) is 3.19. The number of fused-ring (bicyclic) bond motifs is 2. The molecule has 52 valence electrons. The van der Waals surface area contributed by atoms with Gasteiger partial charge in [0, 0.05) is 6.54 Å². The van der Waals surface area contributed by atoms with E-state index in [0.717, 1.165) is 5.92 Å². The highest BCUT2D eigenvalue weighted by atomic mass is 15.3. The molecule has 2 saturated heterocycles. The van der Waals surface area contributed by atoms with Gasteiger partial charge in [-0.2, -0.15) is 0 Å². The number of nitrogens with one attached hydrogen (secondary N) is 1. The summed E-state index contributed by atoms with van der Waals surface area (Å²) in [7, 11) is 2.06. The quantitative estimate of drug-likeness (QED) is 0.542. The second kappa shape index (κ2) is 1.96. The molecule has 0 amide bonds. The Hall–Kier alpha value is -0.0800. The van der Waals surface area contributed by atoms with Gasteiger partial charge < -0.3 is 5.32 Å². The van der Waals surface area contributed by atoms with Crippen molar-refractivity contribution in [2.45, 2.75) is 19.0 Å². The van der Waals surface area contributed by atoms with Crippen LogP contribution in [-0.4, -0.2) is 31.2 Å². The molecule has 0 radical (unpaired) electrons. The molecule has 1 N–H and O–H groups in total. The average molecular weight is 126 g/mol. The van der Waals surface area contributed by atoms with Crippen molar-refractivity contribution in [1.29, 1.82) is 0 Å². The maximum absolute atomic E-state index is 3.32. The molecule has 9 heavy (non-hydrogen) atoms. The van der Waals surface area contributed by atoms with E-state index in [1.165, 1.54) is 25.9 Å². The van der Waals surface area contributed by atoms with Crippen molar-refractivity contribution in [2.75, 3.05) is 20.1 Å². The van der Waals surface area contributed by atoms with E-state index in [4.69, 9.17) is 0 Å². The lowest BCUT2D eigenvalue weighted by atomic mass is 10.0. The largest absolute Gasteiger partial charge is 0.305 e. The first-order valence-electron chi connectivity index (χ1n) is 3.81. The molecular formula is C7H14N2. The highest BCUT2D eigenvalue weighted by Crippen LogP contribution is 2.30. The molecule has 0 spiro atoms. The second-order valence-corrected chi connectivity index (χ2v) is 3.19. The highest BCUT2D eigenvalue weighted by Gasteiger charge is 2.35. The predicted molar refractivity (Wildman–Crippen MR) is 37.1 cm³/mol. The van der Waals surface area contributed by atoms with Crippen molar-refractivity contribution in [3.63, 3.8) is 0 Å². The van der Waals surface area contributed by atoms with Crippen LogP contribution < -0.4 is 5.32 Å². The maximum atomic E-state index is 3.32. The van der Waals surface area contributed by atoms with E-state index in [1.54, 1.807) is 0 Å². The van der Waals surface area contributed by atoms with Gasteiger partial charge in [0.25, 0.3) is 0 Å². The Morgan fingerprint density at radius 1 is 1.56 bits per heavy atom. The summed E-state index contributed by atoms with van der Waals surface area (Å²) < 4.78 is 0. The zero-order valence-corrected chi connectivity index (χ0v) is 5.93. The zero-order chi connectivity index (χ0) is 6.27. The molecule has 0 aromatic rings. The van der Waals surface area contributed by atoms with Gasteiger partial charge >= 0.3 is 0 Å². The third kappa shape index (κ3) is 0.775. The van der Waals surface area contributed by atoms with Crippen LogP contribution in [0.15, 0.2) is 0 Å². The van der Waals surface area contributed by atoms with Gasteiger partial charge in [-0.05, 0) is 32.4 Å². The average Bonchev–Trinajstić information content (AvgIpc) is 2.45. The van der Waals surface area contributed by atoms with E-state index >= 15 is 0 Å². The fourth-order valence-corrected chi connectivity index (χ4v) is 2.10. The zero-order valence-electron chi connectivity index (χ0n) is 5.93. The van der Waals surface area contributed by atoms with Crippen LogP contribution in [0.3, 0.4) is 0 Å². The molecule has 2 heteroatoms. The fraction of sp³-hybridized carbons (Fsp3) is 1.00. The van der Waals surface area contributed by atoms with Crippen LogP contribution >= 0.6 is 0 Å². The van der Waals surface area contributed by atoms with E-state index in [0.29, 0.717) is 6.17 Å². The van der Waals surface area contributed by atoms with Gasteiger partial charge in [0.2, 0.25) is 0 Å². The van der Waals surface area contributed by atoms with E-state index < -0.39 is 0 Å². The van der Waals surface area contributed by atoms with E-state index in [9.17, 15) is 0 Å². The van der Waals surface area contributed by atoms with Crippen molar-refractivity contribution in [3.05, 3.63) is 0 Å². The van der Waals surface area contributed by atoms with Crippen LogP contribution in [-0.2, 0) is 0 Å². The molecule has 2 heterocycles. The van der Waals surface area contributed by atoms with Crippen molar-refractivity contribution in [3.8, 4) is 0 Å².